The van der Waals surface area contributed by atoms with Crippen LogP contribution in [0.1, 0.15) is 16.8 Å². The highest BCUT2D eigenvalue weighted by Gasteiger charge is 2.16. The van der Waals surface area contributed by atoms with Gasteiger partial charge in [-0.2, -0.15) is 0 Å². The van der Waals surface area contributed by atoms with Gasteiger partial charge in [0.15, 0.2) is 6.61 Å². The summed E-state index contributed by atoms with van der Waals surface area (Å²) in [6.07, 6.45) is -0.242. The molecule has 0 saturated heterocycles. The molecule has 0 aliphatic rings. The van der Waals surface area contributed by atoms with E-state index in [4.69, 9.17) is 39.5 Å². The number of carbonyl (C=O) groups excluding carboxylic acids is 2. The van der Waals surface area contributed by atoms with Crippen molar-refractivity contribution in [3.63, 3.8) is 0 Å². The van der Waals surface area contributed by atoms with Crippen LogP contribution in [0.5, 0.6) is 0 Å². The first-order valence-corrected chi connectivity index (χ1v) is 10.2. The van der Waals surface area contributed by atoms with Crippen LogP contribution in [0.3, 0.4) is 0 Å². The Bertz CT molecular complexity index is 946. The van der Waals surface area contributed by atoms with Crippen LogP contribution in [0.2, 0.25) is 15.1 Å². The summed E-state index contributed by atoms with van der Waals surface area (Å²) in [7, 11) is -3.77. The van der Waals surface area contributed by atoms with Gasteiger partial charge < -0.3 is 4.74 Å². The number of carbonyl (C=O) groups is 2. The molecule has 0 fully saturated rings. The third kappa shape index (κ3) is 6.48. The summed E-state index contributed by atoms with van der Waals surface area (Å²) in [4.78, 5) is 23.7. The number of esters is 1. The van der Waals surface area contributed by atoms with E-state index in [-0.39, 0.29) is 28.4 Å². The molecule has 0 bridgehead atoms. The van der Waals surface area contributed by atoms with E-state index in [2.05, 4.69) is 4.72 Å². The van der Waals surface area contributed by atoms with Crippen LogP contribution in [0.4, 0.5) is 0 Å². The van der Waals surface area contributed by atoms with Crippen LogP contribution >= 0.6 is 34.8 Å². The molecule has 144 valence electrons. The minimum Gasteiger partial charge on any atom is -0.457 e. The summed E-state index contributed by atoms with van der Waals surface area (Å²) in [6.45, 7) is -0.691. The maximum Gasteiger partial charge on any atom is 0.307 e. The number of sulfonamides is 1. The number of Topliss-reactive ketones (excluding diaryl/α,β-unsaturated/α-hetero) is 1. The number of benzene rings is 2. The van der Waals surface area contributed by atoms with E-state index in [9.17, 15) is 18.0 Å². The second-order valence-electron chi connectivity index (χ2n) is 5.31. The lowest BCUT2D eigenvalue weighted by atomic mass is 10.1. The van der Waals surface area contributed by atoms with E-state index >= 15 is 0 Å². The number of hydrogen-bond acceptors (Lipinski definition) is 5. The molecule has 0 aliphatic heterocycles. The first kappa shape index (κ1) is 21.7. The molecule has 1 N–H and O–H groups in total. The summed E-state index contributed by atoms with van der Waals surface area (Å²) in [5, 5.41) is 0.934. The van der Waals surface area contributed by atoms with Crippen molar-refractivity contribution < 1.29 is 22.7 Å². The predicted molar refractivity (Wildman–Crippen MR) is 103 cm³/mol. The van der Waals surface area contributed by atoms with Crippen LogP contribution in [0, 0.1) is 0 Å². The molecule has 0 heterocycles. The highest BCUT2D eigenvalue weighted by molar-refractivity contribution is 7.89. The SMILES string of the molecule is O=C(CCNS(=O)(=O)c1ccc(Cl)cc1)OCC(=O)c1ccc(Cl)cc1Cl. The van der Waals surface area contributed by atoms with Crippen molar-refractivity contribution in [2.45, 2.75) is 11.3 Å². The van der Waals surface area contributed by atoms with Crippen molar-refractivity contribution in [2.24, 2.45) is 0 Å². The molecule has 10 heteroatoms. The van der Waals surface area contributed by atoms with Crippen molar-refractivity contribution in [3.05, 3.63) is 63.1 Å². The number of halogens is 3. The average Bonchev–Trinajstić information content (AvgIpc) is 2.60. The monoisotopic (exact) mass is 449 g/mol. The van der Waals surface area contributed by atoms with Gasteiger partial charge in [0.1, 0.15) is 0 Å². The van der Waals surface area contributed by atoms with E-state index < -0.39 is 28.4 Å². The number of ketones is 1. The second-order valence-corrected chi connectivity index (χ2v) is 8.36. The zero-order valence-electron chi connectivity index (χ0n) is 13.7. The van der Waals surface area contributed by atoms with Crippen molar-refractivity contribution in [1.82, 2.24) is 4.72 Å². The lowest BCUT2D eigenvalue weighted by Crippen LogP contribution is -2.27. The lowest BCUT2D eigenvalue weighted by molar-refractivity contribution is -0.142. The van der Waals surface area contributed by atoms with Gasteiger partial charge in [-0.15, -0.1) is 0 Å². The van der Waals surface area contributed by atoms with E-state index in [1.54, 1.807) is 0 Å². The normalized spacial score (nSPS) is 11.2. The van der Waals surface area contributed by atoms with E-state index in [1.165, 1.54) is 42.5 Å². The van der Waals surface area contributed by atoms with Gasteiger partial charge in [-0.1, -0.05) is 34.8 Å². The molecule has 0 saturated carbocycles. The first-order chi connectivity index (χ1) is 12.7. The summed E-state index contributed by atoms with van der Waals surface area (Å²) in [6, 6.07) is 9.91. The largest absolute Gasteiger partial charge is 0.457 e. The molecule has 0 spiro atoms. The molecule has 0 aliphatic carbocycles. The maximum absolute atomic E-state index is 12.1. The van der Waals surface area contributed by atoms with Gasteiger partial charge in [0, 0.05) is 22.2 Å². The molecule has 0 amide bonds. The van der Waals surface area contributed by atoms with Crippen molar-refractivity contribution in [1.29, 1.82) is 0 Å². The fourth-order valence-electron chi connectivity index (χ4n) is 2.00. The van der Waals surface area contributed by atoms with Gasteiger partial charge >= 0.3 is 5.97 Å². The highest BCUT2D eigenvalue weighted by Crippen LogP contribution is 2.21. The molecule has 2 rings (SSSR count). The van der Waals surface area contributed by atoms with Crippen LogP contribution in [0.25, 0.3) is 0 Å². The van der Waals surface area contributed by atoms with Crippen LogP contribution in [-0.2, 0) is 19.6 Å². The average molecular weight is 451 g/mol. The van der Waals surface area contributed by atoms with Crippen LogP contribution in [0.15, 0.2) is 47.4 Å². The smallest absolute Gasteiger partial charge is 0.307 e. The Morgan fingerprint density at radius 2 is 1.59 bits per heavy atom. The van der Waals surface area contributed by atoms with E-state index in [1.807, 2.05) is 0 Å². The topological polar surface area (TPSA) is 89.5 Å². The maximum atomic E-state index is 12.1. The number of nitrogens with one attached hydrogen (secondary N) is 1. The molecule has 0 atom stereocenters. The molecule has 27 heavy (non-hydrogen) atoms. The molecule has 2 aromatic rings. The highest BCUT2D eigenvalue weighted by atomic mass is 35.5. The van der Waals surface area contributed by atoms with Gasteiger partial charge in [-0.3, -0.25) is 9.59 Å². The lowest BCUT2D eigenvalue weighted by Gasteiger charge is -2.08. The second kappa shape index (κ2) is 9.52. The summed E-state index contributed by atoms with van der Waals surface area (Å²) in [5.74, 6) is -1.22. The number of ether oxygens (including phenoxy) is 1. The number of hydrogen-bond donors (Lipinski definition) is 1. The Kier molecular flexibility index (Phi) is 7.64. The molecular weight excluding hydrogens is 437 g/mol. The Hall–Kier alpha value is -1.64. The van der Waals surface area contributed by atoms with Crippen LogP contribution in [-0.4, -0.2) is 33.3 Å². The standard InChI is InChI=1S/C17H14Cl3NO5S/c18-11-1-4-13(5-2-11)27(24,25)21-8-7-17(23)26-10-16(22)14-6-3-12(19)9-15(14)20/h1-6,9,21H,7-8,10H2. The zero-order valence-corrected chi connectivity index (χ0v) is 16.8. The van der Waals surface area contributed by atoms with Gasteiger partial charge in [0.25, 0.3) is 0 Å². The molecule has 0 unspecified atom stereocenters. The Labute approximate surface area is 171 Å². The van der Waals surface area contributed by atoms with Gasteiger partial charge in [0.05, 0.1) is 16.3 Å². The van der Waals surface area contributed by atoms with Gasteiger partial charge in [0.2, 0.25) is 15.8 Å². The summed E-state index contributed by atoms with van der Waals surface area (Å²) in [5.41, 5.74) is 0.178. The molecular formula is C17H14Cl3NO5S. The fourth-order valence-corrected chi connectivity index (χ4v) is 3.67. The Morgan fingerprint density at radius 3 is 2.22 bits per heavy atom. The first-order valence-electron chi connectivity index (χ1n) is 7.58. The predicted octanol–water partition coefficient (Wildman–Crippen LogP) is 3.74. The third-order valence-corrected chi connectivity index (χ3v) is 5.62. The third-order valence-electron chi connectivity index (χ3n) is 3.34. The van der Waals surface area contributed by atoms with Crippen molar-refractivity contribution >= 4 is 56.6 Å². The molecule has 6 nitrogen and oxygen atoms in total. The minimum absolute atomic E-state index is 0.0211. The Morgan fingerprint density at radius 1 is 0.963 bits per heavy atom. The zero-order chi connectivity index (χ0) is 20.0. The number of rotatable bonds is 8. The van der Waals surface area contributed by atoms with Crippen molar-refractivity contribution in [2.75, 3.05) is 13.2 Å². The van der Waals surface area contributed by atoms with Gasteiger partial charge in [-0.25, -0.2) is 13.1 Å². The summed E-state index contributed by atoms with van der Waals surface area (Å²) >= 11 is 17.4. The molecule has 0 radical (unpaired) electrons. The summed E-state index contributed by atoms with van der Waals surface area (Å²) < 4.78 is 31.2. The Balaban J connectivity index is 1.80. The van der Waals surface area contributed by atoms with Gasteiger partial charge in [-0.05, 0) is 42.5 Å². The van der Waals surface area contributed by atoms with E-state index in [0.29, 0.717) is 10.0 Å². The molecule has 0 aromatic heterocycles. The quantitative estimate of drug-likeness (QED) is 0.489. The molecule has 2 aromatic carbocycles. The fraction of sp³-hybridized carbons (Fsp3) is 0.176. The van der Waals surface area contributed by atoms with Crippen molar-refractivity contribution in [3.8, 4) is 0 Å². The van der Waals surface area contributed by atoms with Crippen LogP contribution < -0.4 is 4.72 Å². The minimum atomic E-state index is -3.77. The van der Waals surface area contributed by atoms with E-state index in [0.717, 1.165) is 0 Å².